The maximum absolute atomic E-state index is 11.3. The van der Waals surface area contributed by atoms with Crippen molar-refractivity contribution in [1.29, 1.82) is 0 Å². The van der Waals surface area contributed by atoms with Crippen LogP contribution >= 0.6 is 11.8 Å². The maximum Gasteiger partial charge on any atom is 0.306 e. The number of carbonyl (C=O) groups is 2. The van der Waals surface area contributed by atoms with Crippen molar-refractivity contribution in [3.8, 4) is 0 Å². The van der Waals surface area contributed by atoms with Gasteiger partial charge in [0.1, 0.15) is 5.78 Å². The van der Waals surface area contributed by atoms with E-state index in [0.29, 0.717) is 19.4 Å². The van der Waals surface area contributed by atoms with Gasteiger partial charge in [0.05, 0.1) is 13.0 Å². The summed E-state index contributed by atoms with van der Waals surface area (Å²) in [6.45, 7) is 4.26. The molecule has 0 aliphatic heterocycles. The van der Waals surface area contributed by atoms with E-state index in [1.807, 2.05) is 11.8 Å². The van der Waals surface area contributed by atoms with E-state index in [4.69, 9.17) is 4.74 Å². The van der Waals surface area contributed by atoms with Gasteiger partial charge in [0.2, 0.25) is 0 Å². The van der Waals surface area contributed by atoms with Gasteiger partial charge in [-0.2, -0.15) is 11.8 Å². The quantitative estimate of drug-likeness (QED) is 0.452. The largest absolute Gasteiger partial charge is 0.466 e. The van der Waals surface area contributed by atoms with Gasteiger partial charge < -0.3 is 4.74 Å². The van der Waals surface area contributed by atoms with E-state index in [1.165, 1.54) is 0 Å². The van der Waals surface area contributed by atoms with E-state index in [2.05, 4.69) is 6.92 Å². The number of esters is 1. The molecule has 0 aromatic carbocycles. The number of carbonyl (C=O) groups excluding carboxylic acids is 2. The molecule has 0 saturated heterocycles. The minimum absolute atomic E-state index is 0.166. The second-order valence-corrected chi connectivity index (χ2v) is 4.54. The van der Waals surface area contributed by atoms with Gasteiger partial charge in [-0.25, -0.2) is 0 Å². The van der Waals surface area contributed by atoms with Gasteiger partial charge >= 0.3 is 5.97 Å². The Hall–Kier alpha value is -0.510. The summed E-state index contributed by atoms with van der Waals surface area (Å²) in [4.78, 5) is 22.2. The first-order valence-electron chi connectivity index (χ1n) is 5.45. The Morgan fingerprint density at radius 3 is 2.47 bits per heavy atom. The van der Waals surface area contributed by atoms with Crippen LogP contribution in [-0.2, 0) is 14.3 Å². The highest BCUT2D eigenvalue weighted by molar-refractivity contribution is 7.99. The van der Waals surface area contributed by atoms with Gasteiger partial charge in [-0.1, -0.05) is 6.92 Å². The topological polar surface area (TPSA) is 43.4 Å². The molecular weight excluding hydrogens is 212 g/mol. The standard InChI is InChI=1S/C11H20O3S/c1-3-14-11(13)8-7-10(12)6-5-9-15-4-2/h3-9H2,1-2H3. The number of rotatable bonds is 9. The fourth-order valence-electron chi connectivity index (χ4n) is 1.12. The molecule has 0 saturated carbocycles. The van der Waals surface area contributed by atoms with Gasteiger partial charge in [0.15, 0.2) is 0 Å². The molecule has 4 heteroatoms. The van der Waals surface area contributed by atoms with Crippen LogP contribution in [0.3, 0.4) is 0 Å². The van der Waals surface area contributed by atoms with Gasteiger partial charge in [0, 0.05) is 12.8 Å². The lowest BCUT2D eigenvalue weighted by Crippen LogP contribution is -2.07. The summed E-state index contributed by atoms with van der Waals surface area (Å²) in [5.41, 5.74) is 0. The third-order valence-electron chi connectivity index (χ3n) is 1.86. The van der Waals surface area contributed by atoms with E-state index in [-0.39, 0.29) is 18.2 Å². The second kappa shape index (κ2) is 10.0. The van der Waals surface area contributed by atoms with E-state index in [0.717, 1.165) is 17.9 Å². The summed E-state index contributed by atoms with van der Waals surface area (Å²) in [7, 11) is 0. The first-order valence-corrected chi connectivity index (χ1v) is 6.61. The Labute approximate surface area is 95.9 Å². The lowest BCUT2D eigenvalue weighted by atomic mass is 10.1. The van der Waals surface area contributed by atoms with Crippen LogP contribution in [0.4, 0.5) is 0 Å². The second-order valence-electron chi connectivity index (χ2n) is 3.14. The number of Topliss-reactive ketones (excluding diaryl/α,β-unsaturated/α-hetero) is 1. The fraction of sp³-hybridized carbons (Fsp3) is 0.818. The molecule has 0 unspecified atom stereocenters. The van der Waals surface area contributed by atoms with Crippen molar-refractivity contribution in [3.05, 3.63) is 0 Å². The summed E-state index contributed by atoms with van der Waals surface area (Å²) >= 11 is 1.84. The Balaban J connectivity index is 3.36. The van der Waals surface area contributed by atoms with Crippen molar-refractivity contribution >= 4 is 23.5 Å². The Kier molecular flexibility index (Phi) is 9.68. The zero-order valence-electron chi connectivity index (χ0n) is 9.58. The summed E-state index contributed by atoms with van der Waals surface area (Å²) in [6, 6.07) is 0. The zero-order valence-corrected chi connectivity index (χ0v) is 10.4. The first-order chi connectivity index (χ1) is 7.20. The average Bonchev–Trinajstić information content (AvgIpc) is 2.22. The normalized spacial score (nSPS) is 10.0. The predicted octanol–water partition coefficient (Wildman–Crippen LogP) is 2.43. The van der Waals surface area contributed by atoms with Crippen LogP contribution in [0, 0.1) is 0 Å². The van der Waals surface area contributed by atoms with Crippen LogP contribution in [0.1, 0.15) is 39.5 Å². The number of hydrogen-bond acceptors (Lipinski definition) is 4. The van der Waals surface area contributed by atoms with Crippen LogP contribution in [0.15, 0.2) is 0 Å². The van der Waals surface area contributed by atoms with Crippen molar-refractivity contribution in [3.63, 3.8) is 0 Å². The van der Waals surface area contributed by atoms with Crippen molar-refractivity contribution in [2.45, 2.75) is 39.5 Å². The lowest BCUT2D eigenvalue weighted by Gasteiger charge is -2.01. The maximum atomic E-state index is 11.3. The molecule has 0 aromatic heterocycles. The molecule has 3 nitrogen and oxygen atoms in total. The highest BCUT2D eigenvalue weighted by Crippen LogP contribution is 2.06. The number of ether oxygens (including phenoxy) is 1. The van der Waals surface area contributed by atoms with E-state index < -0.39 is 0 Å². The molecule has 0 N–H and O–H groups in total. The minimum Gasteiger partial charge on any atom is -0.466 e. The monoisotopic (exact) mass is 232 g/mol. The van der Waals surface area contributed by atoms with E-state index in [1.54, 1.807) is 6.92 Å². The van der Waals surface area contributed by atoms with Crippen LogP contribution in [0.25, 0.3) is 0 Å². The molecule has 0 bridgehead atoms. The minimum atomic E-state index is -0.270. The lowest BCUT2D eigenvalue weighted by molar-refractivity contribution is -0.144. The van der Waals surface area contributed by atoms with Crippen molar-refractivity contribution in [2.75, 3.05) is 18.1 Å². The summed E-state index contributed by atoms with van der Waals surface area (Å²) < 4.78 is 4.74. The van der Waals surface area contributed by atoms with Crippen LogP contribution in [0.2, 0.25) is 0 Å². The molecule has 0 aliphatic carbocycles. The van der Waals surface area contributed by atoms with Crippen LogP contribution < -0.4 is 0 Å². The zero-order chi connectivity index (χ0) is 11.5. The smallest absolute Gasteiger partial charge is 0.306 e. The summed E-state index contributed by atoms with van der Waals surface area (Å²) in [5, 5.41) is 0. The molecular formula is C11H20O3S. The van der Waals surface area contributed by atoms with Gasteiger partial charge in [-0.15, -0.1) is 0 Å². The molecule has 0 amide bonds. The highest BCUT2D eigenvalue weighted by Gasteiger charge is 2.06. The van der Waals surface area contributed by atoms with Gasteiger partial charge in [0.25, 0.3) is 0 Å². The van der Waals surface area contributed by atoms with Gasteiger partial charge in [-0.05, 0) is 24.9 Å². The Morgan fingerprint density at radius 1 is 1.13 bits per heavy atom. The summed E-state index contributed by atoms with van der Waals surface area (Å²) in [6.07, 6.45) is 2.07. The van der Waals surface area contributed by atoms with Crippen molar-refractivity contribution in [1.82, 2.24) is 0 Å². The molecule has 0 spiro atoms. The average molecular weight is 232 g/mol. The first kappa shape index (κ1) is 14.5. The van der Waals surface area contributed by atoms with Crippen LogP contribution in [-0.4, -0.2) is 29.9 Å². The fourth-order valence-corrected chi connectivity index (χ4v) is 1.75. The molecule has 88 valence electrons. The molecule has 0 fully saturated rings. The SMILES string of the molecule is CCOC(=O)CCC(=O)CCCSCC. The molecule has 0 radical (unpaired) electrons. The highest BCUT2D eigenvalue weighted by atomic mass is 32.2. The molecule has 0 aromatic rings. The third kappa shape index (κ3) is 9.79. The van der Waals surface area contributed by atoms with E-state index >= 15 is 0 Å². The van der Waals surface area contributed by atoms with E-state index in [9.17, 15) is 9.59 Å². The molecule has 0 aliphatic rings. The van der Waals surface area contributed by atoms with Gasteiger partial charge in [-0.3, -0.25) is 9.59 Å². The summed E-state index contributed by atoms with van der Waals surface area (Å²) in [5.74, 6) is 2.02. The number of ketones is 1. The van der Waals surface area contributed by atoms with Crippen molar-refractivity contribution in [2.24, 2.45) is 0 Å². The predicted molar refractivity (Wildman–Crippen MR) is 63.1 cm³/mol. The number of hydrogen-bond donors (Lipinski definition) is 0. The number of thioether (sulfide) groups is 1. The molecule has 0 heterocycles. The third-order valence-corrected chi connectivity index (χ3v) is 2.85. The molecule has 0 atom stereocenters. The molecule has 0 rings (SSSR count). The van der Waals surface area contributed by atoms with Crippen molar-refractivity contribution < 1.29 is 14.3 Å². The molecule has 15 heavy (non-hydrogen) atoms. The Bertz CT molecular complexity index is 192. The Morgan fingerprint density at radius 2 is 1.87 bits per heavy atom. The van der Waals surface area contributed by atoms with Crippen LogP contribution in [0.5, 0.6) is 0 Å².